The normalized spacial score (nSPS) is 16.6. The molecule has 0 aromatic heterocycles. The van der Waals surface area contributed by atoms with Crippen molar-refractivity contribution in [2.45, 2.75) is 37.1 Å². The second kappa shape index (κ2) is 6.81. The first-order valence-electron chi connectivity index (χ1n) is 6.35. The molecule has 94 valence electrons. The zero-order valence-electron chi connectivity index (χ0n) is 10.3. The van der Waals surface area contributed by atoms with Crippen molar-refractivity contribution >= 4 is 27.7 Å². The molecule has 1 aliphatic rings. The Hall–Kier alpha value is 0.01000. The van der Waals surface area contributed by atoms with Gasteiger partial charge in [0.25, 0.3) is 0 Å². The van der Waals surface area contributed by atoms with Gasteiger partial charge in [0.1, 0.15) is 0 Å². The van der Waals surface area contributed by atoms with Crippen LogP contribution in [0.5, 0.6) is 0 Å². The SMILES string of the molecule is CNCc1cc(Br)ccc1SCC1CCCC1. The maximum atomic E-state index is 3.55. The minimum absolute atomic E-state index is 0.950. The van der Waals surface area contributed by atoms with Gasteiger partial charge in [0.2, 0.25) is 0 Å². The van der Waals surface area contributed by atoms with Crippen molar-refractivity contribution in [1.29, 1.82) is 0 Å². The highest BCUT2D eigenvalue weighted by Crippen LogP contribution is 2.33. The molecule has 3 heteroatoms. The zero-order chi connectivity index (χ0) is 12.1. The summed E-state index contributed by atoms with van der Waals surface area (Å²) >= 11 is 5.58. The standard InChI is InChI=1S/C14H20BrNS/c1-16-9-12-8-13(15)6-7-14(12)17-10-11-4-2-3-5-11/h6-8,11,16H,2-5,9-10H2,1H3. The molecule has 1 aromatic rings. The molecule has 1 N–H and O–H groups in total. The molecule has 0 heterocycles. The fourth-order valence-corrected chi connectivity index (χ4v) is 4.04. The van der Waals surface area contributed by atoms with E-state index in [0.29, 0.717) is 0 Å². The second-order valence-corrected chi connectivity index (χ2v) is 6.72. The Morgan fingerprint density at radius 2 is 2.12 bits per heavy atom. The van der Waals surface area contributed by atoms with Crippen molar-refractivity contribution in [2.24, 2.45) is 5.92 Å². The van der Waals surface area contributed by atoms with Gasteiger partial charge in [-0.25, -0.2) is 0 Å². The Balaban J connectivity index is 1.98. The molecule has 17 heavy (non-hydrogen) atoms. The Labute approximate surface area is 117 Å². The number of nitrogens with one attached hydrogen (secondary N) is 1. The molecule has 1 aromatic carbocycles. The second-order valence-electron chi connectivity index (χ2n) is 4.74. The van der Waals surface area contributed by atoms with E-state index in [2.05, 4.69) is 39.4 Å². The molecule has 0 saturated heterocycles. The van der Waals surface area contributed by atoms with Crippen LogP contribution >= 0.6 is 27.7 Å². The Kier molecular flexibility index (Phi) is 5.39. The van der Waals surface area contributed by atoms with Crippen LogP contribution in [0.4, 0.5) is 0 Å². The third-order valence-corrected chi connectivity index (χ3v) is 5.18. The Morgan fingerprint density at radius 3 is 2.82 bits per heavy atom. The van der Waals surface area contributed by atoms with Crippen molar-refractivity contribution in [3.8, 4) is 0 Å². The quantitative estimate of drug-likeness (QED) is 0.806. The number of hydrogen-bond acceptors (Lipinski definition) is 2. The van der Waals surface area contributed by atoms with E-state index in [1.807, 2.05) is 18.8 Å². The van der Waals surface area contributed by atoms with Gasteiger partial charge in [0.15, 0.2) is 0 Å². The minimum atomic E-state index is 0.950. The first kappa shape index (κ1) is 13.4. The van der Waals surface area contributed by atoms with Gasteiger partial charge in [-0.2, -0.15) is 0 Å². The van der Waals surface area contributed by atoms with Crippen molar-refractivity contribution in [3.05, 3.63) is 28.2 Å². The van der Waals surface area contributed by atoms with Crippen LogP contribution in [0.2, 0.25) is 0 Å². The zero-order valence-corrected chi connectivity index (χ0v) is 12.7. The lowest BCUT2D eigenvalue weighted by atomic mass is 10.1. The highest BCUT2D eigenvalue weighted by Gasteiger charge is 2.15. The largest absolute Gasteiger partial charge is 0.316 e. The molecule has 0 bridgehead atoms. The average Bonchev–Trinajstić information content (AvgIpc) is 2.81. The summed E-state index contributed by atoms with van der Waals surface area (Å²) in [6.45, 7) is 0.951. The number of thioether (sulfide) groups is 1. The fourth-order valence-electron chi connectivity index (χ4n) is 2.40. The monoisotopic (exact) mass is 313 g/mol. The summed E-state index contributed by atoms with van der Waals surface area (Å²) < 4.78 is 1.17. The fraction of sp³-hybridized carbons (Fsp3) is 0.571. The number of rotatable bonds is 5. The van der Waals surface area contributed by atoms with E-state index in [9.17, 15) is 0 Å². The number of hydrogen-bond donors (Lipinski definition) is 1. The topological polar surface area (TPSA) is 12.0 Å². The van der Waals surface area contributed by atoms with Crippen molar-refractivity contribution in [1.82, 2.24) is 5.32 Å². The number of benzene rings is 1. The summed E-state index contributed by atoms with van der Waals surface area (Å²) in [6, 6.07) is 6.62. The molecular formula is C14H20BrNS. The van der Waals surface area contributed by atoms with Gasteiger partial charge in [-0.15, -0.1) is 11.8 Å². The van der Waals surface area contributed by atoms with Gasteiger partial charge in [0, 0.05) is 21.7 Å². The van der Waals surface area contributed by atoms with Gasteiger partial charge < -0.3 is 5.32 Å². The molecule has 0 unspecified atom stereocenters. The molecule has 1 fully saturated rings. The molecular weight excluding hydrogens is 294 g/mol. The van der Waals surface area contributed by atoms with Crippen LogP contribution in [-0.2, 0) is 6.54 Å². The van der Waals surface area contributed by atoms with E-state index in [-0.39, 0.29) is 0 Å². The van der Waals surface area contributed by atoms with E-state index in [4.69, 9.17) is 0 Å². The van der Waals surface area contributed by atoms with Crippen LogP contribution in [0, 0.1) is 5.92 Å². The first-order valence-corrected chi connectivity index (χ1v) is 8.13. The van der Waals surface area contributed by atoms with Crippen molar-refractivity contribution in [3.63, 3.8) is 0 Å². The maximum absolute atomic E-state index is 3.55. The molecule has 0 radical (unpaired) electrons. The average molecular weight is 314 g/mol. The van der Waals surface area contributed by atoms with Gasteiger partial charge in [0.05, 0.1) is 0 Å². The van der Waals surface area contributed by atoms with Gasteiger partial charge in [-0.3, -0.25) is 0 Å². The summed E-state index contributed by atoms with van der Waals surface area (Å²) in [5.41, 5.74) is 1.41. The van der Waals surface area contributed by atoms with Crippen LogP contribution in [-0.4, -0.2) is 12.8 Å². The molecule has 0 amide bonds. The van der Waals surface area contributed by atoms with Crippen molar-refractivity contribution < 1.29 is 0 Å². The van der Waals surface area contributed by atoms with E-state index >= 15 is 0 Å². The summed E-state index contributed by atoms with van der Waals surface area (Å²) in [6.07, 6.45) is 5.75. The van der Waals surface area contributed by atoms with E-state index in [1.54, 1.807) is 0 Å². The van der Waals surface area contributed by atoms with E-state index in [0.717, 1.165) is 12.5 Å². The lowest BCUT2D eigenvalue weighted by Gasteiger charge is -2.12. The molecule has 0 atom stereocenters. The molecule has 1 nitrogen and oxygen atoms in total. The van der Waals surface area contributed by atoms with Gasteiger partial charge in [-0.1, -0.05) is 28.8 Å². The summed E-state index contributed by atoms with van der Waals surface area (Å²) in [4.78, 5) is 1.44. The maximum Gasteiger partial charge on any atom is 0.0214 e. The highest BCUT2D eigenvalue weighted by atomic mass is 79.9. The lowest BCUT2D eigenvalue weighted by Crippen LogP contribution is -2.06. The van der Waals surface area contributed by atoms with Crippen LogP contribution in [0.3, 0.4) is 0 Å². The molecule has 0 spiro atoms. The first-order chi connectivity index (χ1) is 8.29. The van der Waals surface area contributed by atoms with Crippen LogP contribution in [0.25, 0.3) is 0 Å². The molecule has 1 saturated carbocycles. The van der Waals surface area contributed by atoms with Crippen molar-refractivity contribution in [2.75, 3.05) is 12.8 Å². The third-order valence-electron chi connectivity index (χ3n) is 3.34. The van der Waals surface area contributed by atoms with Crippen LogP contribution in [0.15, 0.2) is 27.6 Å². The van der Waals surface area contributed by atoms with Gasteiger partial charge in [-0.05, 0) is 49.6 Å². The predicted octanol–water partition coefficient (Wildman–Crippen LogP) is 4.45. The summed E-state index contributed by atoms with van der Waals surface area (Å²) in [5, 5.41) is 3.25. The van der Waals surface area contributed by atoms with E-state index in [1.165, 1.54) is 46.4 Å². The van der Waals surface area contributed by atoms with E-state index < -0.39 is 0 Å². The van der Waals surface area contributed by atoms with Crippen LogP contribution < -0.4 is 5.32 Å². The molecule has 2 rings (SSSR count). The minimum Gasteiger partial charge on any atom is -0.316 e. The number of halogens is 1. The molecule has 0 aliphatic heterocycles. The van der Waals surface area contributed by atoms with Gasteiger partial charge >= 0.3 is 0 Å². The summed E-state index contributed by atoms with van der Waals surface area (Å²) in [5.74, 6) is 2.24. The lowest BCUT2D eigenvalue weighted by molar-refractivity contribution is 0.623. The highest BCUT2D eigenvalue weighted by molar-refractivity contribution is 9.10. The summed E-state index contributed by atoms with van der Waals surface area (Å²) in [7, 11) is 2.01. The Bertz CT molecular complexity index is 361. The molecule has 1 aliphatic carbocycles. The smallest absolute Gasteiger partial charge is 0.0214 e. The Morgan fingerprint density at radius 1 is 1.35 bits per heavy atom. The predicted molar refractivity (Wildman–Crippen MR) is 79.6 cm³/mol. The third kappa shape index (κ3) is 4.01. The van der Waals surface area contributed by atoms with Crippen LogP contribution in [0.1, 0.15) is 31.2 Å².